The van der Waals surface area contributed by atoms with Crippen molar-refractivity contribution in [3.63, 3.8) is 0 Å². The summed E-state index contributed by atoms with van der Waals surface area (Å²) in [5, 5.41) is 0.922. The smallest absolute Gasteiger partial charge is 0.351 e. The van der Waals surface area contributed by atoms with Gasteiger partial charge in [0.25, 0.3) is 0 Å². The number of carbonyl (C=O) groups is 1. The van der Waals surface area contributed by atoms with Gasteiger partial charge in [0.15, 0.2) is 10.0 Å². The van der Waals surface area contributed by atoms with Gasteiger partial charge in [-0.05, 0) is 6.92 Å². The second kappa shape index (κ2) is 5.29. The van der Waals surface area contributed by atoms with E-state index >= 15 is 0 Å². The zero-order chi connectivity index (χ0) is 12.3. The van der Waals surface area contributed by atoms with Crippen LogP contribution in [0.15, 0.2) is 30.3 Å². The first-order chi connectivity index (χ1) is 8.22. The predicted octanol–water partition coefficient (Wildman–Crippen LogP) is 3.64. The lowest BCUT2D eigenvalue weighted by atomic mass is 10.2. The van der Waals surface area contributed by atoms with Crippen LogP contribution in [0.4, 0.5) is 0 Å². The van der Waals surface area contributed by atoms with E-state index in [-0.39, 0.29) is 5.15 Å². The van der Waals surface area contributed by atoms with E-state index < -0.39 is 5.97 Å². The van der Waals surface area contributed by atoms with Crippen molar-refractivity contribution < 1.29 is 9.53 Å². The number of hydrogen-bond donors (Lipinski definition) is 0. The van der Waals surface area contributed by atoms with Crippen LogP contribution in [-0.4, -0.2) is 17.6 Å². The molecule has 0 unspecified atom stereocenters. The van der Waals surface area contributed by atoms with E-state index in [0.717, 1.165) is 10.6 Å². The Balaban J connectivity index is 2.34. The molecule has 17 heavy (non-hydrogen) atoms. The largest absolute Gasteiger partial charge is 0.462 e. The maximum absolute atomic E-state index is 11.6. The molecule has 0 N–H and O–H groups in total. The monoisotopic (exact) mass is 267 g/mol. The van der Waals surface area contributed by atoms with E-state index in [1.807, 2.05) is 30.3 Å². The lowest BCUT2D eigenvalue weighted by Crippen LogP contribution is -2.02. The number of esters is 1. The van der Waals surface area contributed by atoms with Gasteiger partial charge in [-0.15, -0.1) is 11.3 Å². The molecule has 0 bridgehead atoms. The summed E-state index contributed by atoms with van der Waals surface area (Å²) in [4.78, 5) is 16.1. The summed E-state index contributed by atoms with van der Waals surface area (Å²) in [6, 6.07) is 9.59. The van der Waals surface area contributed by atoms with E-state index in [0.29, 0.717) is 11.5 Å². The zero-order valence-electron chi connectivity index (χ0n) is 9.14. The van der Waals surface area contributed by atoms with Gasteiger partial charge in [0.2, 0.25) is 0 Å². The van der Waals surface area contributed by atoms with Gasteiger partial charge in [-0.25, -0.2) is 9.78 Å². The highest BCUT2D eigenvalue weighted by Gasteiger charge is 2.18. The van der Waals surface area contributed by atoms with E-state index in [9.17, 15) is 4.79 Å². The summed E-state index contributed by atoms with van der Waals surface area (Å²) >= 11 is 7.17. The quantitative estimate of drug-likeness (QED) is 0.797. The van der Waals surface area contributed by atoms with Crippen molar-refractivity contribution in [1.82, 2.24) is 4.98 Å². The first kappa shape index (κ1) is 12.1. The Bertz CT molecular complexity index is 525. The van der Waals surface area contributed by atoms with Gasteiger partial charge in [-0.3, -0.25) is 0 Å². The third-order valence-electron chi connectivity index (χ3n) is 2.07. The van der Waals surface area contributed by atoms with Crippen LogP contribution in [0.2, 0.25) is 5.15 Å². The second-order valence-electron chi connectivity index (χ2n) is 3.23. The van der Waals surface area contributed by atoms with Gasteiger partial charge >= 0.3 is 5.97 Å². The average molecular weight is 268 g/mol. The number of thiazole rings is 1. The van der Waals surface area contributed by atoms with E-state index in [1.54, 1.807) is 6.92 Å². The number of rotatable bonds is 3. The zero-order valence-corrected chi connectivity index (χ0v) is 10.7. The Hall–Kier alpha value is -1.39. The van der Waals surface area contributed by atoms with E-state index in [2.05, 4.69) is 4.98 Å². The molecule has 88 valence electrons. The highest BCUT2D eigenvalue weighted by Crippen LogP contribution is 2.31. The topological polar surface area (TPSA) is 39.2 Å². The van der Waals surface area contributed by atoms with Crippen molar-refractivity contribution in [2.45, 2.75) is 6.92 Å². The number of carbonyl (C=O) groups excluding carboxylic acids is 1. The van der Waals surface area contributed by atoms with Gasteiger partial charge in [0, 0.05) is 5.56 Å². The van der Waals surface area contributed by atoms with Crippen molar-refractivity contribution in [2.24, 2.45) is 0 Å². The van der Waals surface area contributed by atoms with Crippen molar-refractivity contribution in [3.05, 3.63) is 40.4 Å². The van der Waals surface area contributed by atoms with Crippen LogP contribution in [0.1, 0.15) is 16.6 Å². The van der Waals surface area contributed by atoms with Crippen LogP contribution in [0.3, 0.4) is 0 Å². The molecule has 0 spiro atoms. The van der Waals surface area contributed by atoms with Crippen molar-refractivity contribution in [2.75, 3.05) is 6.61 Å². The van der Waals surface area contributed by atoms with Gasteiger partial charge in [0.1, 0.15) is 5.01 Å². The molecule has 2 aromatic rings. The minimum Gasteiger partial charge on any atom is -0.462 e. The molecule has 5 heteroatoms. The molecule has 0 fully saturated rings. The van der Waals surface area contributed by atoms with Gasteiger partial charge in [0.05, 0.1) is 6.61 Å². The van der Waals surface area contributed by atoms with Crippen LogP contribution >= 0.6 is 22.9 Å². The Morgan fingerprint density at radius 3 is 2.76 bits per heavy atom. The molecule has 0 saturated carbocycles. The second-order valence-corrected chi connectivity index (χ2v) is 4.58. The van der Waals surface area contributed by atoms with Crippen molar-refractivity contribution >= 4 is 28.9 Å². The van der Waals surface area contributed by atoms with E-state index in [1.165, 1.54) is 11.3 Å². The summed E-state index contributed by atoms with van der Waals surface area (Å²) in [5.41, 5.74) is 0.940. The molecule has 1 heterocycles. The number of benzene rings is 1. The Kier molecular flexibility index (Phi) is 3.76. The molecule has 2 rings (SSSR count). The minimum absolute atomic E-state index is 0.201. The Morgan fingerprint density at radius 1 is 1.41 bits per heavy atom. The normalized spacial score (nSPS) is 10.2. The fraction of sp³-hybridized carbons (Fsp3) is 0.167. The SMILES string of the molecule is CCOC(=O)c1sc(-c2ccccc2)nc1Cl. The first-order valence-electron chi connectivity index (χ1n) is 5.11. The predicted molar refractivity (Wildman–Crippen MR) is 68.5 cm³/mol. The lowest BCUT2D eigenvalue weighted by Gasteiger charge is -1.97. The third-order valence-corrected chi connectivity index (χ3v) is 3.54. The molecule has 0 aliphatic heterocycles. The van der Waals surface area contributed by atoms with Crippen molar-refractivity contribution in [1.29, 1.82) is 0 Å². The molecule has 1 aromatic heterocycles. The Morgan fingerprint density at radius 2 is 2.12 bits per heavy atom. The summed E-state index contributed by atoms with van der Waals surface area (Å²) in [6.07, 6.45) is 0. The highest BCUT2D eigenvalue weighted by molar-refractivity contribution is 7.17. The van der Waals surface area contributed by atoms with Gasteiger partial charge in [-0.2, -0.15) is 0 Å². The highest BCUT2D eigenvalue weighted by atomic mass is 35.5. The standard InChI is InChI=1S/C12H10ClNO2S/c1-2-16-12(15)9-10(13)14-11(17-9)8-6-4-3-5-7-8/h3-7H,2H2,1H3. The van der Waals surface area contributed by atoms with Crippen LogP contribution in [0.5, 0.6) is 0 Å². The van der Waals surface area contributed by atoms with E-state index in [4.69, 9.17) is 16.3 Å². The number of ether oxygens (including phenoxy) is 1. The average Bonchev–Trinajstić information content (AvgIpc) is 2.73. The molecule has 0 aliphatic carbocycles. The summed E-state index contributed by atoms with van der Waals surface area (Å²) in [5.74, 6) is -0.419. The first-order valence-corrected chi connectivity index (χ1v) is 6.30. The molecule has 0 atom stereocenters. The Labute approximate surface area is 108 Å². The van der Waals surface area contributed by atoms with Gasteiger partial charge in [-0.1, -0.05) is 41.9 Å². The summed E-state index contributed by atoms with van der Waals surface area (Å²) in [6.45, 7) is 2.08. The number of aromatic nitrogens is 1. The summed E-state index contributed by atoms with van der Waals surface area (Å²) < 4.78 is 4.90. The number of hydrogen-bond acceptors (Lipinski definition) is 4. The molecule has 0 aliphatic rings. The third kappa shape index (κ3) is 2.65. The van der Waals surface area contributed by atoms with Crippen LogP contribution in [-0.2, 0) is 4.74 Å². The maximum Gasteiger partial charge on any atom is 0.351 e. The summed E-state index contributed by atoms with van der Waals surface area (Å²) in [7, 11) is 0. The van der Waals surface area contributed by atoms with Crippen LogP contribution < -0.4 is 0 Å². The molecular formula is C12H10ClNO2S. The fourth-order valence-corrected chi connectivity index (χ4v) is 2.51. The lowest BCUT2D eigenvalue weighted by molar-refractivity contribution is 0.0532. The van der Waals surface area contributed by atoms with Crippen LogP contribution in [0, 0.1) is 0 Å². The molecule has 3 nitrogen and oxygen atoms in total. The van der Waals surface area contributed by atoms with Crippen molar-refractivity contribution in [3.8, 4) is 10.6 Å². The molecule has 0 saturated heterocycles. The molecular weight excluding hydrogens is 258 g/mol. The molecule has 0 radical (unpaired) electrons. The maximum atomic E-state index is 11.6. The fourth-order valence-electron chi connectivity index (χ4n) is 1.33. The van der Waals surface area contributed by atoms with Crippen LogP contribution in [0.25, 0.3) is 10.6 Å². The molecule has 0 amide bonds. The number of nitrogens with zero attached hydrogens (tertiary/aromatic N) is 1. The number of halogens is 1. The van der Waals surface area contributed by atoms with Gasteiger partial charge < -0.3 is 4.74 Å². The minimum atomic E-state index is -0.419. The molecule has 1 aromatic carbocycles.